The number of nitrogens with one attached hydrogen (secondary N) is 2. The van der Waals surface area contributed by atoms with Gasteiger partial charge in [-0.05, 0) is 49.7 Å². The van der Waals surface area contributed by atoms with Crippen molar-refractivity contribution in [3.8, 4) is 5.75 Å². The van der Waals surface area contributed by atoms with E-state index in [4.69, 9.17) is 4.74 Å². The molecular formula is C30H35F5N6O4S. The average molecular weight is 671 g/mol. The van der Waals surface area contributed by atoms with E-state index in [1.807, 2.05) is 0 Å². The zero-order valence-electron chi connectivity index (χ0n) is 25.9. The van der Waals surface area contributed by atoms with E-state index in [9.17, 15) is 30.8 Å². The number of aromatic nitrogens is 2. The van der Waals surface area contributed by atoms with Gasteiger partial charge in [0.15, 0.2) is 0 Å². The lowest BCUT2D eigenvalue weighted by molar-refractivity contribution is -0.137. The van der Waals surface area contributed by atoms with Gasteiger partial charge in [-0.3, -0.25) is 9.10 Å². The van der Waals surface area contributed by atoms with Crippen molar-refractivity contribution in [2.45, 2.75) is 44.7 Å². The highest BCUT2D eigenvalue weighted by molar-refractivity contribution is 7.92. The second-order valence-electron chi connectivity index (χ2n) is 11.2. The number of carbonyl (C=O) groups excluding carboxylic acids is 1. The summed E-state index contributed by atoms with van der Waals surface area (Å²) in [4.78, 5) is 22.5. The molecule has 1 amide bonds. The summed E-state index contributed by atoms with van der Waals surface area (Å²) in [5, 5.41) is 5.19. The third kappa shape index (κ3) is 8.20. The topological polar surface area (TPSA) is 117 Å². The summed E-state index contributed by atoms with van der Waals surface area (Å²) in [7, 11) is 0.707. The van der Waals surface area contributed by atoms with E-state index in [0.29, 0.717) is 24.7 Å². The Kier molecular flexibility index (Phi) is 10.4. The fourth-order valence-corrected chi connectivity index (χ4v) is 5.58. The number of anilines is 2. The van der Waals surface area contributed by atoms with Crippen molar-refractivity contribution in [1.29, 1.82) is 0 Å². The molecule has 2 heterocycles. The Morgan fingerprint density at radius 2 is 1.91 bits per heavy atom. The van der Waals surface area contributed by atoms with Crippen LogP contribution < -0.4 is 19.7 Å². The van der Waals surface area contributed by atoms with Gasteiger partial charge in [0.05, 0.1) is 30.7 Å². The van der Waals surface area contributed by atoms with Crippen molar-refractivity contribution in [2.75, 3.05) is 50.2 Å². The molecule has 0 unspecified atom stereocenters. The van der Waals surface area contributed by atoms with Crippen molar-refractivity contribution >= 4 is 27.4 Å². The number of amides is 1. The fourth-order valence-electron chi connectivity index (χ4n) is 5.05. The number of alkyl halides is 4. The minimum absolute atomic E-state index is 0.0536. The molecule has 16 heteroatoms. The summed E-state index contributed by atoms with van der Waals surface area (Å²) in [6.45, 7) is 2.22. The van der Waals surface area contributed by atoms with Gasteiger partial charge in [-0.1, -0.05) is 12.1 Å². The van der Waals surface area contributed by atoms with Crippen molar-refractivity contribution in [1.82, 2.24) is 20.2 Å². The number of hydrogen-bond acceptors (Lipinski definition) is 8. The number of sulfonamides is 1. The lowest BCUT2D eigenvalue weighted by Gasteiger charge is -2.32. The van der Waals surface area contributed by atoms with Crippen molar-refractivity contribution < 1.29 is 39.9 Å². The fraction of sp³-hybridized carbons (Fsp3) is 0.433. The summed E-state index contributed by atoms with van der Waals surface area (Å²) in [6, 6.07) is 6.25. The molecule has 1 saturated heterocycles. The highest BCUT2D eigenvalue weighted by Gasteiger charge is 2.35. The second-order valence-corrected chi connectivity index (χ2v) is 13.2. The molecule has 250 valence electrons. The van der Waals surface area contributed by atoms with Crippen LogP contribution in [0, 0.1) is 12.7 Å². The van der Waals surface area contributed by atoms with Gasteiger partial charge in [-0.15, -0.1) is 0 Å². The van der Waals surface area contributed by atoms with Crippen LogP contribution in [-0.2, 0) is 29.2 Å². The lowest BCUT2D eigenvalue weighted by Crippen LogP contribution is -2.51. The normalized spacial score (nSPS) is 17.4. The monoisotopic (exact) mass is 670 g/mol. The van der Waals surface area contributed by atoms with Crippen molar-refractivity contribution in [2.24, 2.45) is 0 Å². The predicted molar refractivity (Wildman–Crippen MR) is 163 cm³/mol. The lowest BCUT2D eigenvalue weighted by atomic mass is 10.0. The van der Waals surface area contributed by atoms with Gasteiger partial charge in [0.25, 0.3) is 5.91 Å². The van der Waals surface area contributed by atoms with Gasteiger partial charge in [0.2, 0.25) is 10.0 Å². The first-order valence-electron chi connectivity index (χ1n) is 14.2. The Hall–Kier alpha value is -4.05. The number of rotatable bonds is 10. The maximum Gasteiger partial charge on any atom is 0.421 e. The predicted octanol–water partition coefficient (Wildman–Crippen LogP) is 4.32. The highest BCUT2D eigenvalue weighted by Crippen LogP contribution is 2.35. The highest BCUT2D eigenvalue weighted by atomic mass is 32.2. The molecule has 1 aliphatic heterocycles. The minimum Gasteiger partial charge on any atom is -0.496 e. The van der Waals surface area contributed by atoms with Gasteiger partial charge in [0.1, 0.15) is 34.9 Å². The molecule has 0 spiro atoms. The van der Waals surface area contributed by atoms with E-state index >= 15 is 4.39 Å². The number of methoxy groups -OCH3 is 1. The van der Waals surface area contributed by atoms with Crippen LogP contribution in [0.15, 0.2) is 36.5 Å². The summed E-state index contributed by atoms with van der Waals surface area (Å²) < 4.78 is 102. The number of ether oxygens (including phenoxy) is 1. The van der Waals surface area contributed by atoms with Crippen LogP contribution in [0.3, 0.4) is 0 Å². The van der Waals surface area contributed by atoms with Crippen molar-refractivity contribution in [3.05, 3.63) is 76.0 Å². The van der Waals surface area contributed by atoms with Gasteiger partial charge in [-0.2, -0.15) is 13.2 Å². The van der Waals surface area contributed by atoms with Crippen LogP contribution in [0.25, 0.3) is 0 Å². The second kappa shape index (κ2) is 13.7. The van der Waals surface area contributed by atoms with Crippen molar-refractivity contribution in [3.63, 3.8) is 0 Å². The molecule has 0 radical (unpaired) electrons. The van der Waals surface area contributed by atoms with Gasteiger partial charge in [-0.25, -0.2) is 27.2 Å². The van der Waals surface area contributed by atoms with Crippen LogP contribution in [-0.4, -0.2) is 82.0 Å². The zero-order valence-corrected chi connectivity index (χ0v) is 26.7. The number of aryl methyl sites for hydroxylation is 1. The third-order valence-electron chi connectivity index (χ3n) is 7.69. The standard InChI is InChI=1S/C30H35F5N6O4S/c1-17-6-7-18(25(10-17)41(3)46(5,43)44)14-37-28-21(30(33,34)35)15-36-27(39-28)12-19-11-22(31)20(13-26(19)45-4)29(42)38-24-8-9-40(2)16-23(24)32/h6-7,10-11,13,15,23-24H,8-9,12,14,16H2,1-5H3,(H,38,42)(H,36,37,39)/t23-,24-/m0/s1. The van der Waals surface area contributed by atoms with Gasteiger partial charge < -0.3 is 20.3 Å². The van der Waals surface area contributed by atoms with Crippen LogP contribution in [0.2, 0.25) is 0 Å². The first-order chi connectivity index (χ1) is 21.5. The Morgan fingerprint density at radius 3 is 2.54 bits per heavy atom. The van der Waals surface area contributed by atoms with E-state index in [0.717, 1.165) is 28.3 Å². The number of hydrogen-bond donors (Lipinski definition) is 2. The molecule has 1 aromatic heterocycles. The van der Waals surface area contributed by atoms with Gasteiger partial charge in [0, 0.05) is 44.9 Å². The Balaban J connectivity index is 1.60. The maximum absolute atomic E-state index is 15.2. The van der Waals surface area contributed by atoms with E-state index in [1.165, 1.54) is 14.2 Å². The molecule has 0 saturated carbocycles. The van der Waals surface area contributed by atoms with Gasteiger partial charge >= 0.3 is 6.18 Å². The number of nitrogens with zero attached hydrogens (tertiary/aromatic N) is 4. The molecule has 0 aliphatic carbocycles. The Bertz CT molecular complexity index is 1710. The molecule has 2 N–H and O–H groups in total. The largest absolute Gasteiger partial charge is 0.496 e. The molecule has 1 fully saturated rings. The van der Waals surface area contributed by atoms with Crippen LogP contribution in [0.1, 0.15) is 44.9 Å². The number of halogens is 5. The molecule has 2 atom stereocenters. The summed E-state index contributed by atoms with van der Waals surface area (Å²) in [6.07, 6.45) is -4.46. The smallest absolute Gasteiger partial charge is 0.421 e. The molecule has 1 aliphatic rings. The zero-order chi connectivity index (χ0) is 34.0. The third-order valence-corrected chi connectivity index (χ3v) is 8.88. The van der Waals surface area contributed by atoms with Crippen LogP contribution >= 0.6 is 0 Å². The maximum atomic E-state index is 15.2. The minimum atomic E-state index is -4.83. The van der Waals surface area contributed by atoms with Crippen LogP contribution in [0.5, 0.6) is 5.75 Å². The number of likely N-dealkylation sites (tertiary alicyclic amines) is 1. The summed E-state index contributed by atoms with van der Waals surface area (Å²) in [5.41, 5.74) is 0.0268. The molecule has 4 rings (SSSR count). The SMILES string of the molecule is COc1cc(C(=O)N[C@H]2CCN(C)C[C@@H]2F)c(F)cc1Cc1ncc(C(F)(F)F)c(NCc2ccc(C)cc2N(C)S(C)(=O)=O)n1. The molecule has 10 nitrogen and oxygen atoms in total. The Labute approximate surface area is 264 Å². The first-order valence-corrected chi connectivity index (χ1v) is 16.0. The number of piperidine rings is 1. The Morgan fingerprint density at radius 1 is 1.20 bits per heavy atom. The number of benzene rings is 2. The summed E-state index contributed by atoms with van der Waals surface area (Å²) >= 11 is 0. The van der Waals surface area contributed by atoms with E-state index in [2.05, 4.69) is 20.6 Å². The average Bonchev–Trinajstić information content (AvgIpc) is 2.96. The van der Waals surface area contributed by atoms with Crippen LogP contribution in [0.4, 0.5) is 33.5 Å². The first kappa shape index (κ1) is 34.8. The molecule has 2 aromatic carbocycles. The molecule has 0 bridgehead atoms. The molecule has 46 heavy (non-hydrogen) atoms. The van der Waals surface area contributed by atoms with E-state index in [-0.39, 0.29) is 47.9 Å². The molecular weight excluding hydrogens is 635 g/mol. The van der Waals surface area contributed by atoms with E-state index < -0.39 is 51.5 Å². The quantitative estimate of drug-likeness (QED) is 0.307. The molecule has 3 aromatic rings. The summed E-state index contributed by atoms with van der Waals surface area (Å²) in [5.74, 6) is -2.40. The van der Waals surface area contributed by atoms with E-state index in [1.54, 1.807) is 37.1 Å². The number of carbonyl (C=O) groups is 1.